The van der Waals surface area contributed by atoms with Gasteiger partial charge in [-0.25, -0.2) is 4.98 Å². The number of carbonyl (C=O) groups is 1. The Labute approximate surface area is 145 Å². The number of thioether (sulfide) groups is 1. The Morgan fingerprint density at radius 3 is 2.96 bits per heavy atom. The van der Waals surface area contributed by atoms with Crippen LogP contribution in [0.2, 0.25) is 0 Å². The molecule has 0 fully saturated rings. The predicted octanol–water partition coefficient (Wildman–Crippen LogP) is 1.94. The molecule has 0 radical (unpaired) electrons. The summed E-state index contributed by atoms with van der Waals surface area (Å²) in [6, 6.07) is 7.78. The molecule has 0 unspecified atom stereocenters. The molecule has 1 amide bonds. The van der Waals surface area contributed by atoms with Gasteiger partial charge in [0, 0.05) is 13.7 Å². The first-order valence-corrected chi connectivity index (χ1v) is 8.51. The molecular weight excluding hydrogens is 328 g/mol. The molecule has 1 aromatic carbocycles. The molecule has 0 saturated carbocycles. The number of methoxy groups -OCH3 is 1. The molecule has 24 heavy (non-hydrogen) atoms. The molecule has 130 valence electrons. The van der Waals surface area contributed by atoms with E-state index in [0.717, 1.165) is 11.3 Å². The average Bonchev–Trinajstić information content (AvgIpc) is 3.01. The molecule has 0 aliphatic carbocycles. The Kier molecular flexibility index (Phi) is 7.07. The van der Waals surface area contributed by atoms with E-state index in [4.69, 9.17) is 9.47 Å². The zero-order valence-electron chi connectivity index (χ0n) is 14.0. The summed E-state index contributed by atoms with van der Waals surface area (Å²) >= 11 is 1.29. The number of carbonyl (C=O) groups excluding carboxylic acids is 1. The van der Waals surface area contributed by atoms with E-state index in [0.29, 0.717) is 30.7 Å². The van der Waals surface area contributed by atoms with Gasteiger partial charge in [0.1, 0.15) is 12.4 Å². The molecular formula is C16H22N4O3S. The second-order valence-corrected chi connectivity index (χ2v) is 6.47. The van der Waals surface area contributed by atoms with Crippen LogP contribution >= 0.6 is 11.8 Å². The standard InChI is InChI=1S/C16H22N4O3S/c1-11-6-4-5-7-13(11)23-10-14-18-16(20-19-14)24-12(2)15(21)17-8-9-22-3/h4-7,12H,8-10H2,1-3H3,(H,17,21)(H,18,19,20)/t12-/m1/s1. The maximum atomic E-state index is 11.9. The van der Waals surface area contributed by atoms with Crippen LogP contribution in [-0.2, 0) is 16.1 Å². The van der Waals surface area contributed by atoms with E-state index in [1.54, 1.807) is 7.11 Å². The van der Waals surface area contributed by atoms with Gasteiger partial charge in [-0.2, -0.15) is 0 Å². The van der Waals surface area contributed by atoms with Crippen LogP contribution in [0.25, 0.3) is 0 Å². The van der Waals surface area contributed by atoms with Gasteiger partial charge in [-0.3, -0.25) is 9.89 Å². The second kappa shape index (κ2) is 9.29. The van der Waals surface area contributed by atoms with Crippen LogP contribution in [0.5, 0.6) is 5.75 Å². The van der Waals surface area contributed by atoms with E-state index in [1.807, 2.05) is 38.1 Å². The number of nitrogens with zero attached hydrogens (tertiary/aromatic N) is 2. The van der Waals surface area contributed by atoms with Gasteiger partial charge < -0.3 is 14.8 Å². The third kappa shape index (κ3) is 5.54. The topological polar surface area (TPSA) is 89.1 Å². The largest absolute Gasteiger partial charge is 0.485 e. The SMILES string of the molecule is COCCNC(=O)[C@@H](C)Sc1n[nH]c(COc2ccccc2C)n1. The lowest BCUT2D eigenvalue weighted by Gasteiger charge is -2.09. The Bertz CT molecular complexity index is 662. The van der Waals surface area contributed by atoms with Gasteiger partial charge in [-0.05, 0) is 25.5 Å². The number of H-pyrrole nitrogens is 1. The Morgan fingerprint density at radius 2 is 2.21 bits per heavy atom. The summed E-state index contributed by atoms with van der Waals surface area (Å²) in [7, 11) is 1.60. The van der Waals surface area contributed by atoms with E-state index in [2.05, 4.69) is 20.5 Å². The minimum absolute atomic E-state index is 0.0699. The number of aromatic amines is 1. The highest BCUT2D eigenvalue weighted by molar-refractivity contribution is 8.00. The number of hydrogen-bond acceptors (Lipinski definition) is 6. The fourth-order valence-corrected chi connectivity index (χ4v) is 2.66. The molecule has 2 rings (SSSR count). The van der Waals surface area contributed by atoms with Crippen LogP contribution < -0.4 is 10.1 Å². The van der Waals surface area contributed by atoms with Gasteiger partial charge in [-0.15, -0.1) is 5.10 Å². The summed E-state index contributed by atoms with van der Waals surface area (Å²) in [6.45, 7) is 5.08. The highest BCUT2D eigenvalue weighted by Gasteiger charge is 2.16. The molecule has 2 N–H and O–H groups in total. The Balaban J connectivity index is 1.82. The van der Waals surface area contributed by atoms with Crippen molar-refractivity contribution < 1.29 is 14.3 Å². The summed E-state index contributed by atoms with van der Waals surface area (Å²) < 4.78 is 10.6. The maximum Gasteiger partial charge on any atom is 0.233 e. The van der Waals surface area contributed by atoms with E-state index < -0.39 is 0 Å². The summed E-state index contributed by atoms with van der Waals surface area (Å²) in [5, 5.41) is 9.97. The number of para-hydroxylation sites is 1. The normalized spacial score (nSPS) is 12.0. The lowest BCUT2D eigenvalue weighted by atomic mass is 10.2. The first-order valence-electron chi connectivity index (χ1n) is 7.63. The Morgan fingerprint density at radius 1 is 1.42 bits per heavy atom. The average molecular weight is 350 g/mol. The fraction of sp³-hybridized carbons (Fsp3) is 0.438. The van der Waals surface area contributed by atoms with Crippen molar-refractivity contribution in [2.75, 3.05) is 20.3 Å². The van der Waals surface area contributed by atoms with Crippen LogP contribution in [0.15, 0.2) is 29.4 Å². The molecule has 0 aliphatic rings. The maximum absolute atomic E-state index is 11.9. The molecule has 0 bridgehead atoms. The first kappa shape index (κ1) is 18.3. The number of amides is 1. The minimum atomic E-state index is -0.289. The van der Waals surface area contributed by atoms with Crippen molar-refractivity contribution in [2.45, 2.75) is 30.9 Å². The Hall–Kier alpha value is -2.06. The van der Waals surface area contributed by atoms with E-state index in [9.17, 15) is 4.79 Å². The van der Waals surface area contributed by atoms with Crippen molar-refractivity contribution in [3.63, 3.8) is 0 Å². The zero-order valence-corrected chi connectivity index (χ0v) is 14.9. The van der Waals surface area contributed by atoms with Gasteiger partial charge in [0.15, 0.2) is 5.82 Å². The van der Waals surface area contributed by atoms with Crippen LogP contribution in [0.4, 0.5) is 0 Å². The van der Waals surface area contributed by atoms with Gasteiger partial charge in [0.05, 0.1) is 11.9 Å². The third-order valence-electron chi connectivity index (χ3n) is 3.23. The second-order valence-electron chi connectivity index (χ2n) is 5.16. The highest BCUT2D eigenvalue weighted by Crippen LogP contribution is 2.20. The zero-order chi connectivity index (χ0) is 17.4. The predicted molar refractivity (Wildman–Crippen MR) is 92.1 cm³/mol. The first-order chi connectivity index (χ1) is 11.6. The molecule has 0 saturated heterocycles. The number of aryl methyl sites for hydroxylation is 1. The van der Waals surface area contributed by atoms with E-state index in [1.165, 1.54) is 11.8 Å². The van der Waals surface area contributed by atoms with Crippen molar-refractivity contribution in [2.24, 2.45) is 0 Å². The fourth-order valence-electron chi connectivity index (χ4n) is 1.89. The van der Waals surface area contributed by atoms with Crippen molar-refractivity contribution in [3.8, 4) is 5.75 Å². The summed E-state index contributed by atoms with van der Waals surface area (Å²) in [5.74, 6) is 1.36. The smallest absolute Gasteiger partial charge is 0.233 e. The molecule has 2 aromatic rings. The molecule has 8 heteroatoms. The number of benzene rings is 1. The van der Waals surface area contributed by atoms with Gasteiger partial charge in [0.2, 0.25) is 11.1 Å². The monoisotopic (exact) mass is 350 g/mol. The van der Waals surface area contributed by atoms with Crippen LogP contribution in [0.1, 0.15) is 18.3 Å². The third-order valence-corrected chi connectivity index (χ3v) is 4.19. The number of rotatable bonds is 9. The molecule has 0 spiro atoms. The van der Waals surface area contributed by atoms with E-state index >= 15 is 0 Å². The highest BCUT2D eigenvalue weighted by atomic mass is 32.2. The number of nitrogens with one attached hydrogen (secondary N) is 2. The van der Waals surface area contributed by atoms with Gasteiger partial charge >= 0.3 is 0 Å². The minimum Gasteiger partial charge on any atom is -0.485 e. The van der Waals surface area contributed by atoms with Crippen LogP contribution in [-0.4, -0.2) is 46.6 Å². The summed E-state index contributed by atoms with van der Waals surface area (Å²) in [6.07, 6.45) is 0. The van der Waals surface area contributed by atoms with E-state index in [-0.39, 0.29) is 11.2 Å². The van der Waals surface area contributed by atoms with Crippen LogP contribution in [0, 0.1) is 6.92 Å². The quantitative estimate of drug-likeness (QED) is 0.531. The van der Waals surface area contributed by atoms with Crippen molar-refractivity contribution in [1.29, 1.82) is 0 Å². The lowest BCUT2D eigenvalue weighted by Crippen LogP contribution is -2.33. The number of hydrogen-bond donors (Lipinski definition) is 2. The summed E-state index contributed by atoms with van der Waals surface area (Å²) in [5.41, 5.74) is 1.06. The number of ether oxygens (including phenoxy) is 2. The molecule has 7 nitrogen and oxygen atoms in total. The molecule has 1 heterocycles. The van der Waals surface area contributed by atoms with Crippen LogP contribution in [0.3, 0.4) is 0 Å². The summed E-state index contributed by atoms with van der Waals surface area (Å²) in [4.78, 5) is 16.2. The molecule has 0 aliphatic heterocycles. The van der Waals surface area contributed by atoms with Crippen molar-refractivity contribution in [1.82, 2.24) is 20.5 Å². The lowest BCUT2D eigenvalue weighted by molar-refractivity contribution is -0.120. The van der Waals surface area contributed by atoms with Crippen molar-refractivity contribution in [3.05, 3.63) is 35.7 Å². The van der Waals surface area contributed by atoms with Crippen molar-refractivity contribution >= 4 is 17.7 Å². The molecule has 1 atom stereocenters. The van der Waals surface area contributed by atoms with Gasteiger partial charge in [-0.1, -0.05) is 30.0 Å². The van der Waals surface area contributed by atoms with Gasteiger partial charge in [0.25, 0.3) is 0 Å². The number of aromatic nitrogens is 3. The molecule has 1 aromatic heterocycles.